The van der Waals surface area contributed by atoms with Crippen LogP contribution in [0.15, 0.2) is 30.3 Å². The van der Waals surface area contributed by atoms with Crippen LogP contribution in [0.1, 0.15) is 18.2 Å². The van der Waals surface area contributed by atoms with Crippen LogP contribution in [0.3, 0.4) is 0 Å². The molecule has 2 N–H and O–H groups in total. The van der Waals surface area contributed by atoms with E-state index in [1.807, 2.05) is 19.1 Å². The molecule has 0 aliphatic carbocycles. The van der Waals surface area contributed by atoms with E-state index in [-0.39, 0.29) is 0 Å². The third kappa shape index (κ3) is 3.83. The Hall–Kier alpha value is -1.29. The number of benzene rings is 1. The molecule has 3 nitrogen and oxygen atoms in total. The van der Waals surface area contributed by atoms with E-state index >= 15 is 0 Å². The van der Waals surface area contributed by atoms with Crippen molar-refractivity contribution in [1.29, 1.82) is 0 Å². The Labute approximate surface area is 122 Å². The molecule has 0 fully saturated rings. The normalized spacial score (nSPS) is 10.5. The fraction of sp³-hybridized carbons (Fsp3) is 0.214. The van der Waals surface area contributed by atoms with Gasteiger partial charge in [0.15, 0.2) is 0 Å². The lowest BCUT2D eigenvalue weighted by Gasteiger charge is -2.09. The van der Waals surface area contributed by atoms with E-state index in [0.29, 0.717) is 28.2 Å². The van der Waals surface area contributed by atoms with Gasteiger partial charge in [-0.25, -0.2) is 4.98 Å². The molecule has 0 saturated carbocycles. The molecule has 0 aliphatic heterocycles. The number of ether oxygens (including phenoxy) is 1. The molecule has 0 saturated heterocycles. The highest BCUT2D eigenvalue weighted by Crippen LogP contribution is 2.28. The van der Waals surface area contributed by atoms with Gasteiger partial charge in [0.1, 0.15) is 5.75 Å². The zero-order valence-electron chi connectivity index (χ0n) is 10.5. The molecule has 19 heavy (non-hydrogen) atoms. The lowest BCUT2D eigenvalue weighted by Crippen LogP contribution is -2.00. The molecule has 0 unspecified atom stereocenters. The molecule has 0 amide bonds. The summed E-state index contributed by atoms with van der Waals surface area (Å²) >= 11 is 11.9. The average molecular weight is 297 g/mol. The lowest BCUT2D eigenvalue weighted by molar-refractivity contribution is 0.460. The van der Waals surface area contributed by atoms with Crippen molar-refractivity contribution in [3.63, 3.8) is 0 Å². The van der Waals surface area contributed by atoms with Crippen LogP contribution in [0.4, 0.5) is 0 Å². The average Bonchev–Trinajstić information content (AvgIpc) is 2.37. The SMILES string of the molecule is CCc1cc(CN)cc(Oc2cc(Cl)cc(Cl)c2)n1. The van der Waals surface area contributed by atoms with Crippen LogP contribution in [0, 0.1) is 0 Å². The number of pyridine rings is 1. The van der Waals surface area contributed by atoms with Crippen molar-refractivity contribution in [1.82, 2.24) is 4.98 Å². The maximum atomic E-state index is 5.93. The van der Waals surface area contributed by atoms with Gasteiger partial charge < -0.3 is 10.5 Å². The van der Waals surface area contributed by atoms with Crippen molar-refractivity contribution in [3.8, 4) is 11.6 Å². The third-order valence-electron chi connectivity index (χ3n) is 2.57. The second-order valence-electron chi connectivity index (χ2n) is 4.07. The van der Waals surface area contributed by atoms with Crippen LogP contribution < -0.4 is 10.5 Å². The zero-order valence-corrected chi connectivity index (χ0v) is 12.0. The number of nitrogens with zero attached hydrogens (tertiary/aromatic N) is 1. The summed E-state index contributed by atoms with van der Waals surface area (Å²) < 4.78 is 5.69. The van der Waals surface area contributed by atoms with Gasteiger partial charge in [0.05, 0.1) is 0 Å². The summed E-state index contributed by atoms with van der Waals surface area (Å²) in [7, 11) is 0. The van der Waals surface area contributed by atoms with Crippen LogP contribution in [0.5, 0.6) is 11.6 Å². The molecule has 2 rings (SSSR count). The van der Waals surface area contributed by atoms with Gasteiger partial charge in [-0.1, -0.05) is 30.1 Å². The van der Waals surface area contributed by atoms with Gasteiger partial charge in [0.25, 0.3) is 0 Å². The molecule has 0 aliphatic rings. The highest BCUT2D eigenvalue weighted by Gasteiger charge is 2.05. The third-order valence-corrected chi connectivity index (χ3v) is 3.01. The largest absolute Gasteiger partial charge is 0.439 e. The molecule has 0 atom stereocenters. The molecule has 0 bridgehead atoms. The first-order chi connectivity index (χ1) is 9.10. The minimum atomic E-state index is 0.447. The van der Waals surface area contributed by atoms with Crippen LogP contribution in [-0.4, -0.2) is 4.98 Å². The summed E-state index contributed by atoms with van der Waals surface area (Å²) in [4.78, 5) is 4.39. The van der Waals surface area contributed by atoms with E-state index in [1.54, 1.807) is 18.2 Å². The Morgan fingerprint density at radius 1 is 1.11 bits per heavy atom. The van der Waals surface area contributed by atoms with Gasteiger partial charge in [-0.2, -0.15) is 0 Å². The smallest absolute Gasteiger partial charge is 0.219 e. The second-order valence-corrected chi connectivity index (χ2v) is 4.94. The molecular formula is C14H14Cl2N2O. The molecule has 1 heterocycles. The van der Waals surface area contributed by atoms with E-state index < -0.39 is 0 Å². The quantitative estimate of drug-likeness (QED) is 0.920. The summed E-state index contributed by atoms with van der Waals surface area (Å²) in [5.41, 5.74) is 7.58. The summed E-state index contributed by atoms with van der Waals surface area (Å²) in [5, 5.41) is 1.04. The standard InChI is InChI=1S/C14H14Cl2N2O/c1-2-12-3-9(8-17)4-14(18-12)19-13-6-10(15)5-11(16)7-13/h3-7H,2,8,17H2,1H3. The minimum absolute atomic E-state index is 0.447. The number of hydrogen-bond acceptors (Lipinski definition) is 3. The maximum Gasteiger partial charge on any atom is 0.219 e. The molecular weight excluding hydrogens is 283 g/mol. The second kappa shape index (κ2) is 6.24. The molecule has 0 spiro atoms. The van der Waals surface area contributed by atoms with Gasteiger partial charge >= 0.3 is 0 Å². The van der Waals surface area contributed by atoms with Crippen molar-refractivity contribution in [2.75, 3.05) is 0 Å². The van der Waals surface area contributed by atoms with E-state index in [0.717, 1.165) is 17.7 Å². The monoisotopic (exact) mass is 296 g/mol. The number of aryl methyl sites for hydroxylation is 1. The lowest BCUT2D eigenvalue weighted by atomic mass is 10.2. The van der Waals surface area contributed by atoms with Gasteiger partial charge in [-0.3, -0.25) is 0 Å². The van der Waals surface area contributed by atoms with Crippen LogP contribution >= 0.6 is 23.2 Å². The molecule has 0 radical (unpaired) electrons. The molecule has 100 valence electrons. The first-order valence-corrected chi connectivity index (χ1v) is 6.70. The number of rotatable bonds is 4. The van der Waals surface area contributed by atoms with Gasteiger partial charge in [-0.15, -0.1) is 0 Å². The van der Waals surface area contributed by atoms with Crippen molar-refractivity contribution in [2.45, 2.75) is 19.9 Å². The predicted molar refractivity (Wildman–Crippen MR) is 78.0 cm³/mol. The number of hydrogen-bond donors (Lipinski definition) is 1. The van der Waals surface area contributed by atoms with Crippen molar-refractivity contribution in [3.05, 3.63) is 51.6 Å². The Bertz CT molecular complexity index is 545. The Morgan fingerprint density at radius 3 is 2.37 bits per heavy atom. The highest BCUT2D eigenvalue weighted by molar-refractivity contribution is 6.34. The first kappa shape index (κ1) is 14.1. The van der Waals surface area contributed by atoms with E-state index in [1.165, 1.54) is 0 Å². The summed E-state index contributed by atoms with van der Waals surface area (Å²) in [6.07, 6.45) is 0.820. The number of halogens is 2. The highest BCUT2D eigenvalue weighted by atomic mass is 35.5. The fourth-order valence-corrected chi connectivity index (χ4v) is 2.19. The minimum Gasteiger partial charge on any atom is -0.439 e. The van der Waals surface area contributed by atoms with Crippen molar-refractivity contribution in [2.24, 2.45) is 5.73 Å². The van der Waals surface area contributed by atoms with Gasteiger partial charge in [0, 0.05) is 28.4 Å². The maximum absolute atomic E-state index is 5.93. The number of nitrogens with two attached hydrogens (primary N) is 1. The molecule has 1 aromatic heterocycles. The van der Waals surface area contributed by atoms with E-state index in [9.17, 15) is 0 Å². The van der Waals surface area contributed by atoms with E-state index in [4.69, 9.17) is 33.7 Å². The topological polar surface area (TPSA) is 48.1 Å². The molecule has 5 heteroatoms. The van der Waals surface area contributed by atoms with Crippen LogP contribution in [0.25, 0.3) is 0 Å². The molecule has 1 aromatic carbocycles. The molecule has 2 aromatic rings. The Balaban J connectivity index is 2.31. The zero-order chi connectivity index (χ0) is 13.8. The van der Waals surface area contributed by atoms with Gasteiger partial charge in [0.2, 0.25) is 5.88 Å². The Kier molecular flexibility index (Phi) is 4.64. The Morgan fingerprint density at radius 2 is 1.79 bits per heavy atom. The fourth-order valence-electron chi connectivity index (χ4n) is 1.68. The van der Waals surface area contributed by atoms with Crippen molar-refractivity contribution < 1.29 is 4.74 Å². The van der Waals surface area contributed by atoms with Crippen LogP contribution in [-0.2, 0) is 13.0 Å². The predicted octanol–water partition coefficient (Wildman–Crippen LogP) is 4.20. The summed E-state index contributed by atoms with van der Waals surface area (Å²) in [6.45, 7) is 2.48. The van der Waals surface area contributed by atoms with Crippen LogP contribution in [0.2, 0.25) is 10.0 Å². The summed E-state index contributed by atoms with van der Waals surface area (Å²) in [6, 6.07) is 8.81. The van der Waals surface area contributed by atoms with E-state index in [2.05, 4.69) is 4.98 Å². The summed E-state index contributed by atoms with van der Waals surface area (Å²) in [5.74, 6) is 1.05. The first-order valence-electron chi connectivity index (χ1n) is 5.94. The van der Waals surface area contributed by atoms with Crippen molar-refractivity contribution >= 4 is 23.2 Å². The van der Waals surface area contributed by atoms with Gasteiger partial charge in [-0.05, 0) is 36.2 Å². The number of aromatic nitrogens is 1.